The Hall–Kier alpha value is 0.210. The fourth-order valence-corrected chi connectivity index (χ4v) is 1.10. The molecule has 0 amide bonds. The second-order valence-electron chi connectivity index (χ2n) is 3.34. The van der Waals surface area contributed by atoms with Crippen LogP contribution in [0.4, 0.5) is 0 Å². The van der Waals surface area contributed by atoms with Crippen LogP contribution >= 0.6 is 12.4 Å². The van der Waals surface area contributed by atoms with E-state index >= 15 is 0 Å². The predicted molar refractivity (Wildman–Crippen MR) is 46.8 cm³/mol. The van der Waals surface area contributed by atoms with Crippen molar-refractivity contribution in [3.05, 3.63) is 0 Å². The Labute approximate surface area is 69.2 Å². The molecule has 0 saturated carbocycles. The van der Waals surface area contributed by atoms with Crippen LogP contribution in [0.25, 0.3) is 0 Å². The lowest BCUT2D eigenvalue weighted by Gasteiger charge is -2.23. The van der Waals surface area contributed by atoms with E-state index in [1.165, 1.54) is 6.42 Å². The van der Waals surface area contributed by atoms with Gasteiger partial charge < -0.3 is 10.6 Å². The molecule has 0 spiro atoms. The lowest BCUT2D eigenvalue weighted by Crippen LogP contribution is -2.44. The van der Waals surface area contributed by atoms with E-state index in [0.29, 0.717) is 5.54 Å². The summed E-state index contributed by atoms with van der Waals surface area (Å²) < 4.78 is 0. The Morgan fingerprint density at radius 1 is 1.20 bits per heavy atom. The number of rotatable bonds is 0. The fourth-order valence-electron chi connectivity index (χ4n) is 1.10. The van der Waals surface area contributed by atoms with Gasteiger partial charge in [-0.05, 0) is 33.4 Å². The van der Waals surface area contributed by atoms with Crippen LogP contribution in [0.2, 0.25) is 0 Å². The third-order valence-corrected chi connectivity index (χ3v) is 1.70. The molecule has 1 heterocycles. The summed E-state index contributed by atoms with van der Waals surface area (Å²) in [5, 5.41) is 6.83. The molecule has 1 saturated heterocycles. The molecule has 0 aromatic rings. The van der Waals surface area contributed by atoms with Crippen molar-refractivity contribution >= 4 is 12.4 Å². The molecule has 1 fully saturated rings. The first-order valence-electron chi connectivity index (χ1n) is 3.66. The first-order chi connectivity index (χ1) is 4.21. The standard InChI is InChI=1S/C7H16N2.ClH/c1-7(2)6-8-4-3-5-9-7;/h8-9H,3-6H2,1-2H3;1H. The van der Waals surface area contributed by atoms with E-state index < -0.39 is 0 Å². The lowest BCUT2D eigenvalue weighted by atomic mass is 10.1. The van der Waals surface area contributed by atoms with Crippen molar-refractivity contribution < 1.29 is 0 Å². The molecule has 1 rings (SSSR count). The van der Waals surface area contributed by atoms with Crippen LogP contribution in [0.5, 0.6) is 0 Å². The quantitative estimate of drug-likeness (QED) is 0.553. The molecule has 0 bridgehead atoms. The maximum Gasteiger partial charge on any atom is 0.0249 e. The Bertz CT molecular complexity index is 83.6. The minimum atomic E-state index is 0. The van der Waals surface area contributed by atoms with E-state index in [1.54, 1.807) is 0 Å². The van der Waals surface area contributed by atoms with Gasteiger partial charge in [-0.1, -0.05) is 0 Å². The molecule has 0 aliphatic carbocycles. The van der Waals surface area contributed by atoms with Crippen LogP contribution in [0.3, 0.4) is 0 Å². The van der Waals surface area contributed by atoms with Gasteiger partial charge in [-0.25, -0.2) is 0 Å². The van der Waals surface area contributed by atoms with Gasteiger partial charge in [0.25, 0.3) is 0 Å². The molecule has 10 heavy (non-hydrogen) atoms. The first-order valence-corrected chi connectivity index (χ1v) is 3.66. The summed E-state index contributed by atoms with van der Waals surface area (Å²) >= 11 is 0. The molecule has 62 valence electrons. The highest BCUT2D eigenvalue weighted by molar-refractivity contribution is 5.85. The average molecular weight is 165 g/mol. The van der Waals surface area contributed by atoms with Gasteiger partial charge in [0.2, 0.25) is 0 Å². The first kappa shape index (κ1) is 10.2. The normalized spacial score (nSPS) is 24.6. The molecule has 0 aromatic carbocycles. The maximum absolute atomic E-state index is 3.46. The van der Waals surface area contributed by atoms with Crippen LogP contribution < -0.4 is 10.6 Å². The van der Waals surface area contributed by atoms with Gasteiger partial charge in [-0.2, -0.15) is 0 Å². The molecule has 0 unspecified atom stereocenters. The zero-order valence-corrected chi connectivity index (χ0v) is 7.55. The summed E-state index contributed by atoms with van der Waals surface area (Å²) in [5.41, 5.74) is 0.302. The topological polar surface area (TPSA) is 24.1 Å². The van der Waals surface area contributed by atoms with Crippen molar-refractivity contribution in [3.63, 3.8) is 0 Å². The van der Waals surface area contributed by atoms with E-state index in [0.717, 1.165) is 19.6 Å². The van der Waals surface area contributed by atoms with Crippen molar-refractivity contribution in [1.82, 2.24) is 10.6 Å². The highest BCUT2D eigenvalue weighted by Crippen LogP contribution is 2.01. The number of nitrogens with one attached hydrogen (secondary N) is 2. The van der Waals surface area contributed by atoms with Gasteiger partial charge in [0.15, 0.2) is 0 Å². The van der Waals surface area contributed by atoms with E-state index in [2.05, 4.69) is 24.5 Å². The average Bonchev–Trinajstić information content (AvgIpc) is 1.92. The molecular weight excluding hydrogens is 148 g/mol. The number of hydrogen-bond donors (Lipinski definition) is 2. The molecule has 3 heteroatoms. The van der Waals surface area contributed by atoms with Gasteiger partial charge in [-0.15, -0.1) is 12.4 Å². The molecule has 0 aromatic heterocycles. The van der Waals surface area contributed by atoms with Crippen molar-refractivity contribution in [1.29, 1.82) is 0 Å². The van der Waals surface area contributed by atoms with E-state index in [9.17, 15) is 0 Å². The minimum absolute atomic E-state index is 0. The van der Waals surface area contributed by atoms with Gasteiger partial charge in [0, 0.05) is 12.1 Å². The van der Waals surface area contributed by atoms with Crippen LogP contribution in [0.15, 0.2) is 0 Å². The van der Waals surface area contributed by atoms with Crippen molar-refractivity contribution in [3.8, 4) is 0 Å². The van der Waals surface area contributed by atoms with Crippen LogP contribution in [-0.2, 0) is 0 Å². The number of halogens is 1. The Balaban J connectivity index is 0.000000810. The van der Waals surface area contributed by atoms with Crippen LogP contribution in [-0.4, -0.2) is 25.2 Å². The highest BCUT2D eigenvalue weighted by atomic mass is 35.5. The molecule has 1 aliphatic heterocycles. The zero-order chi connectivity index (χ0) is 6.74. The Morgan fingerprint density at radius 2 is 1.90 bits per heavy atom. The summed E-state index contributed by atoms with van der Waals surface area (Å²) in [6, 6.07) is 0. The second-order valence-corrected chi connectivity index (χ2v) is 3.34. The maximum atomic E-state index is 3.46. The van der Waals surface area contributed by atoms with E-state index in [1.807, 2.05) is 0 Å². The monoisotopic (exact) mass is 164 g/mol. The largest absolute Gasteiger partial charge is 0.315 e. The highest BCUT2D eigenvalue weighted by Gasteiger charge is 2.17. The summed E-state index contributed by atoms with van der Waals surface area (Å²) in [6.45, 7) is 7.86. The molecule has 2 nitrogen and oxygen atoms in total. The van der Waals surface area contributed by atoms with Crippen LogP contribution in [0.1, 0.15) is 20.3 Å². The SMILES string of the molecule is CC1(C)CNCCCN1.Cl. The molecule has 2 N–H and O–H groups in total. The molecule has 1 aliphatic rings. The summed E-state index contributed by atoms with van der Waals surface area (Å²) in [7, 11) is 0. The lowest BCUT2D eigenvalue weighted by molar-refractivity contribution is 0.402. The van der Waals surface area contributed by atoms with Gasteiger partial charge in [0.1, 0.15) is 0 Å². The molecular formula is C7H17ClN2. The van der Waals surface area contributed by atoms with Gasteiger partial charge in [-0.3, -0.25) is 0 Å². The second kappa shape index (κ2) is 4.16. The van der Waals surface area contributed by atoms with E-state index in [4.69, 9.17) is 0 Å². The summed E-state index contributed by atoms with van der Waals surface area (Å²) in [4.78, 5) is 0. The van der Waals surface area contributed by atoms with Gasteiger partial charge in [0.05, 0.1) is 0 Å². The zero-order valence-electron chi connectivity index (χ0n) is 6.74. The van der Waals surface area contributed by atoms with Crippen molar-refractivity contribution in [2.24, 2.45) is 0 Å². The summed E-state index contributed by atoms with van der Waals surface area (Å²) in [5.74, 6) is 0. The van der Waals surface area contributed by atoms with Crippen molar-refractivity contribution in [2.75, 3.05) is 19.6 Å². The third kappa shape index (κ3) is 3.40. The van der Waals surface area contributed by atoms with E-state index in [-0.39, 0.29) is 12.4 Å². The smallest absolute Gasteiger partial charge is 0.0249 e. The number of hydrogen-bond acceptors (Lipinski definition) is 2. The van der Waals surface area contributed by atoms with Gasteiger partial charge >= 0.3 is 0 Å². The van der Waals surface area contributed by atoms with Crippen LogP contribution in [0, 0.1) is 0 Å². The fraction of sp³-hybridized carbons (Fsp3) is 1.00. The predicted octanol–water partition coefficient (Wildman–Crippen LogP) is 0.770. The minimum Gasteiger partial charge on any atom is -0.315 e. The third-order valence-electron chi connectivity index (χ3n) is 1.70. The summed E-state index contributed by atoms with van der Waals surface area (Å²) in [6.07, 6.45) is 1.25. The molecule has 0 atom stereocenters. The van der Waals surface area contributed by atoms with Crippen molar-refractivity contribution in [2.45, 2.75) is 25.8 Å². The Morgan fingerprint density at radius 3 is 2.60 bits per heavy atom. The Kier molecular flexibility index (Phi) is 4.25. The molecule has 0 radical (unpaired) electrons.